The van der Waals surface area contributed by atoms with Crippen LogP contribution in [0.15, 0.2) is 48.5 Å². The number of para-hydroxylation sites is 1. The number of benzene rings is 2. The number of methoxy groups -OCH3 is 1. The third-order valence-electron chi connectivity index (χ3n) is 6.75. The van der Waals surface area contributed by atoms with E-state index in [1.54, 1.807) is 7.11 Å². The molecule has 0 N–H and O–H groups in total. The Balaban J connectivity index is 1.85. The van der Waals surface area contributed by atoms with Crippen molar-refractivity contribution in [3.63, 3.8) is 0 Å². The normalized spacial score (nSPS) is 18.7. The fraction of sp³-hybridized carbons (Fsp3) is 0.536. The molecular weight excluding hydrogens is 410 g/mol. The van der Waals surface area contributed by atoms with Gasteiger partial charge in [0.25, 0.3) is 0 Å². The van der Waals surface area contributed by atoms with Gasteiger partial charge in [0.15, 0.2) is 0 Å². The van der Waals surface area contributed by atoms with Crippen LogP contribution in [-0.2, 0) is 11.3 Å². The molecule has 2 aromatic rings. The predicted molar refractivity (Wildman–Crippen MR) is 137 cm³/mol. The van der Waals surface area contributed by atoms with Crippen LogP contribution in [-0.4, -0.2) is 62.6 Å². The van der Waals surface area contributed by atoms with E-state index in [2.05, 4.69) is 85.1 Å². The van der Waals surface area contributed by atoms with Gasteiger partial charge in [0.1, 0.15) is 5.75 Å². The first kappa shape index (κ1) is 25.1. The van der Waals surface area contributed by atoms with Crippen molar-refractivity contribution in [1.29, 1.82) is 0 Å². The van der Waals surface area contributed by atoms with E-state index in [9.17, 15) is 4.79 Å². The second-order valence-electron chi connectivity index (χ2n) is 10.1. The van der Waals surface area contributed by atoms with Gasteiger partial charge < -0.3 is 14.5 Å². The zero-order valence-corrected chi connectivity index (χ0v) is 21.4. The minimum atomic E-state index is 0.00447. The maximum absolute atomic E-state index is 13.0. The van der Waals surface area contributed by atoms with Crippen LogP contribution >= 0.6 is 0 Å². The van der Waals surface area contributed by atoms with Crippen LogP contribution in [0.2, 0.25) is 0 Å². The zero-order chi connectivity index (χ0) is 24.1. The number of carbonyl (C=O) groups excluding carboxylic acids is 1. The first-order valence-corrected chi connectivity index (χ1v) is 12.1. The molecule has 5 heteroatoms. The molecular formula is C28H41N3O2. The molecule has 0 aliphatic carbocycles. The first-order valence-electron chi connectivity index (χ1n) is 12.1. The Bertz CT molecular complexity index is 908. The van der Waals surface area contributed by atoms with Crippen LogP contribution in [0.25, 0.3) is 0 Å². The van der Waals surface area contributed by atoms with Crippen LogP contribution in [0.1, 0.15) is 44.7 Å². The van der Waals surface area contributed by atoms with Crippen molar-refractivity contribution in [1.82, 2.24) is 9.80 Å². The van der Waals surface area contributed by atoms with Gasteiger partial charge >= 0.3 is 0 Å². The Morgan fingerprint density at radius 3 is 2.27 bits per heavy atom. The highest BCUT2D eigenvalue weighted by molar-refractivity contribution is 5.78. The monoisotopic (exact) mass is 451 g/mol. The van der Waals surface area contributed by atoms with Crippen molar-refractivity contribution in [2.45, 2.75) is 46.2 Å². The van der Waals surface area contributed by atoms with Gasteiger partial charge in [-0.15, -0.1) is 0 Å². The van der Waals surface area contributed by atoms with Crippen LogP contribution in [0.3, 0.4) is 0 Å². The van der Waals surface area contributed by atoms with E-state index in [0.717, 1.165) is 31.9 Å². The molecule has 1 aliphatic rings. The number of nitrogens with zero attached hydrogens (tertiary/aromatic N) is 3. The maximum Gasteiger partial charge on any atom is 0.225 e. The van der Waals surface area contributed by atoms with Gasteiger partial charge in [-0.1, -0.05) is 44.2 Å². The Morgan fingerprint density at radius 2 is 1.70 bits per heavy atom. The number of rotatable bonds is 9. The SMILES string of the molecule is COc1ccccc1C1CN(Cc2ccc(N(C)C)cc2)CC1CN(C(=O)C(C)C)C(C)C. The average Bonchev–Trinajstić information content (AvgIpc) is 3.18. The lowest BCUT2D eigenvalue weighted by Gasteiger charge is -2.33. The molecule has 2 atom stereocenters. The third-order valence-corrected chi connectivity index (χ3v) is 6.75. The summed E-state index contributed by atoms with van der Waals surface area (Å²) in [5.74, 6) is 1.86. The number of likely N-dealkylation sites (tertiary alicyclic amines) is 1. The minimum absolute atomic E-state index is 0.00447. The molecule has 3 rings (SSSR count). The number of carbonyl (C=O) groups is 1. The van der Waals surface area contributed by atoms with Gasteiger partial charge in [-0.05, 0) is 49.1 Å². The Morgan fingerprint density at radius 1 is 1.03 bits per heavy atom. The summed E-state index contributed by atoms with van der Waals surface area (Å²) < 4.78 is 5.73. The molecule has 2 aromatic carbocycles. The molecule has 1 amide bonds. The summed E-state index contributed by atoms with van der Waals surface area (Å²) in [5.41, 5.74) is 3.78. The topological polar surface area (TPSA) is 36.0 Å². The second kappa shape index (κ2) is 11.1. The summed E-state index contributed by atoms with van der Waals surface area (Å²) in [4.78, 5) is 19.7. The quantitative estimate of drug-likeness (QED) is 0.545. The van der Waals surface area contributed by atoms with Gasteiger partial charge in [-0.25, -0.2) is 0 Å². The molecule has 1 fully saturated rings. The standard InChI is InChI=1S/C28H41N3O2/c1-20(2)28(32)31(21(3)4)18-23-17-30(16-22-12-14-24(15-13-22)29(5)6)19-26(23)25-10-8-9-11-27(25)33-7/h8-15,20-21,23,26H,16-19H2,1-7H3. The second-order valence-corrected chi connectivity index (χ2v) is 10.1. The predicted octanol–water partition coefficient (Wildman–Crippen LogP) is 4.87. The maximum atomic E-state index is 13.0. The summed E-state index contributed by atoms with van der Waals surface area (Å²) in [6.45, 7) is 11.8. The number of amides is 1. The lowest BCUT2D eigenvalue weighted by molar-refractivity contribution is -0.136. The minimum Gasteiger partial charge on any atom is -0.496 e. The molecule has 0 bridgehead atoms. The molecule has 5 nitrogen and oxygen atoms in total. The molecule has 1 heterocycles. The summed E-state index contributed by atoms with van der Waals surface area (Å²) in [5, 5.41) is 0. The summed E-state index contributed by atoms with van der Waals surface area (Å²) in [6, 6.07) is 17.4. The van der Waals surface area contributed by atoms with E-state index in [0.29, 0.717) is 11.8 Å². The van der Waals surface area contributed by atoms with Gasteiger partial charge in [-0.3, -0.25) is 9.69 Å². The summed E-state index contributed by atoms with van der Waals surface area (Å²) in [7, 11) is 5.88. The smallest absolute Gasteiger partial charge is 0.225 e. The molecule has 0 radical (unpaired) electrons. The fourth-order valence-electron chi connectivity index (χ4n) is 4.90. The number of anilines is 1. The molecule has 0 spiro atoms. The largest absolute Gasteiger partial charge is 0.496 e. The molecule has 0 aromatic heterocycles. The molecule has 33 heavy (non-hydrogen) atoms. The van der Waals surface area contributed by atoms with E-state index in [1.165, 1.54) is 16.8 Å². The van der Waals surface area contributed by atoms with Crippen molar-refractivity contribution in [3.8, 4) is 5.75 Å². The number of hydrogen-bond donors (Lipinski definition) is 0. The third kappa shape index (κ3) is 6.08. The Kier molecular flexibility index (Phi) is 8.41. The van der Waals surface area contributed by atoms with Gasteiger partial charge in [0.2, 0.25) is 5.91 Å². The number of ether oxygens (including phenoxy) is 1. The van der Waals surface area contributed by atoms with Crippen molar-refractivity contribution in [2.75, 3.05) is 45.7 Å². The van der Waals surface area contributed by atoms with Crippen LogP contribution in [0.4, 0.5) is 5.69 Å². The van der Waals surface area contributed by atoms with Gasteiger partial charge in [-0.2, -0.15) is 0 Å². The Labute approximate surface area is 200 Å². The summed E-state index contributed by atoms with van der Waals surface area (Å²) >= 11 is 0. The van der Waals surface area contributed by atoms with E-state index in [4.69, 9.17) is 4.74 Å². The lowest BCUT2D eigenvalue weighted by Crippen LogP contribution is -2.43. The number of hydrogen-bond acceptors (Lipinski definition) is 4. The summed E-state index contributed by atoms with van der Waals surface area (Å²) in [6.07, 6.45) is 0. The molecule has 2 unspecified atom stereocenters. The van der Waals surface area contributed by atoms with E-state index in [1.807, 2.05) is 19.9 Å². The molecule has 0 saturated carbocycles. The molecule has 1 saturated heterocycles. The van der Waals surface area contributed by atoms with Crippen molar-refractivity contribution in [2.24, 2.45) is 11.8 Å². The highest BCUT2D eigenvalue weighted by Crippen LogP contribution is 2.39. The Hall–Kier alpha value is -2.53. The highest BCUT2D eigenvalue weighted by atomic mass is 16.5. The van der Waals surface area contributed by atoms with E-state index in [-0.39, 0.29) is 17.9 Å². The van der Waals surface area contributed by atoms with Crippen molar-refractivity contribution < 1.29 is 9.53 Å². The molecule has 180 valence electrons. The van der Waals surface area contributed by atoms with E-state index < -0.39 is 0 Å². The first-order chi connectivity index (χ1) is 15.7. The van der Waals surface area contributed by atoms with Crippen LogP contribution in [0.5, 0.6) is 5.75 Å². The van der Waals surface area contributed by atoms with Gasteiger partial charge in [0.05, 0.1) is 7.11 Å². The highest BCUT2D eigenvalue weighted by Gasteiger charge is 2.37. The van der Waals surface area contributed by atoms with Crippen molar-refractivity contribution >= 4 is 11.6 Å². The fourth-order valence-corrected chi connectivity index (χ4v) is 4.90. The zero-order valence-electron chi connectivity index (χ0n) is 21.4. The molecule has 1 aliphatic heterocycles. The van der Waals surface area contributed by atoms with Gasteiger partial charge in [0, 0.05) is 63.8 Å². The lowest BCUT2D eigenvalue weighted by atomic mass is 9.87. The van der Waals surface area contributed by atoms with Crippen LogP contribution < -0.4 is 9.64 Å². The van der Waals surface area contributed by atoms with Crippen LogP contribution in [0, 0.1) is 11.8 Å². The average molecular weight is 452 g/mol. The van der Waals surface area contributed by atoms with Crippen molar-refractivity contribution in [3.05, 3.63) is 59.7 Å². The van der Waals surface area contributed by atoms with E-state index >= 15 is 0 Å².